The van der Waals surface area contributed by atoms with Gasteiger partial charge in [0.15, 0.2) is 0 Å². The summed E-state index contributed by atoms with van der Waals surface area (Å²) >= 11 is 0. The number of aromatic amines is 1. The maximum atomic E-state index is 12.0. The van der Waals surface area contributed by atoms with Crippen molar-refractivity contribution in [3.8, 4) is 22.3 Å². The van der Waals surface area contributed by atoms with Gasteiger partial charge in [-0.15, -0.1) is 0 Å². The SMILES string of the molecule is C=CC(=O)Nc1cc(-c2cnc3[nH]cc(-c4ccnc(NC)c4)c3c2)cc(N2CCC[C@@H](O)C2)n1. The minimum Gasteiger partial charge on any atom is -0.391 e. The first-order valence-electron chi connectivity index (χ1n) is 11.5. The number of hydrogen-bond acceptors (Lipinski definition) is 7. The van der Waals surface area contributed by atoms with Crippen molar-refractivity contribution in [2.24, 2.45) is 0 Å². The lowest BCUT2D eigenvalue weighted by molar-refractivity contribution is -0.111. The molecule has 1 aliphatic heterocycles. The number of piperidine rings is 1. The Hall–Kier alpha value is -4.24. The number of rotatable bonds is 6. The molecule has 1 amide bonds. The lowest BCUT2D eigenvalue weighted by atomic mass is 10.0. The molecule has 1 fully saturated rings. The van der Waals surface area contributed by atoms with Gasteiger partial charge in [0, 0.05) is 55.2 Å². The van der Waals surface area contributed by atoms with Crippen LogP contribution in [0.3, 0.4) is 0 Å². The predicted molar refractivity (Wildman–Crippen MR) is 138 cm³/mol. The fraction of sp³-hybridized carbons (Fsp3) is 0.231. The van der Waals surface area contributed by atoms with E-state index in [1.54, 1.807) is 12.4 Å². The highest BCUT2D eigenvalue weighted by molar-refractivity contribution is 5.99. The number of pyridine rings is 3. The van der Waals surface area contributed by atoms with Crippen LogP contribution in [0.25, 0.3) is 33.3 Å². The summed E-state index contributed by atoms with van der Waals surface area (Å²) in [4.78, 5) is 30.9. The number of aliphatic hydroxyl groups is 1. The predicted octanol–water partition coefficient (Wildman–Crippen LogP) is 3.81. The van der Waals surface area contributed by atoms with Gasteiger partial charge in [-0.25, -0.2) is 15.0 Å². The van der Waals surface area contributed by atoms with Crippen molar-refractivity contribution < 1.29 is 9.90 Å². The number of carbonyl (C=O) groups excluding carboxylic acids is 1. The Labute approximate surface area is 202 Å². The molecular weight excluding hydrogens is 442 g/mol. The second-order valence-corrected chi connectivity index (χ2v) is 8.54. The van der Waals surface area contributed by atoms with E-state index in [1.165, 1.54) is 6.08 Å². The number of anilines is 3. The zero-order valence-corrected chi connectivity index (χ0v) is 19.5. The number of nitrogens with one attached hydrogen (secondary N) is 3. The quantitative estimate of drug-likeness (QED) is 0.317. The Balaban J connectivity index is 1.59. The molecule has 0 saturated carbocycles. The molecule has 1 atom stereocenters. The van der Waals surface area contributed by atoms with E-state index in [4.69, 9.17) is 0 Å². The Morgan fingerprint density at radius 1 is 1.20 bits per heavy atom. The first-order chi connectivity index (χ1) is 17.0. The lowest BCUT2D eigenvalue weighted by Crippen LogP contribution is -2.38. The normalized spacial score (nSPS) is 15.7. The van der Waals surface area contributed by atoms with Gasteiger partial charge >= 0.3 is 0 Å². The number of H-pyrrole nitrogens is 1. The van der Waals surface area contributed by atoms with Gasteiger partial charge in [-0.05, 0) is 60.4 Å². The van der Waals surface area contributed by atoms with E-state index in [1.807, 2.05) is 42.4 Å². The molecule has 9 nitrogen and oxygen atoms in total. The summed E-state index contributed by atoms with van der Waals surface area (Å²) in [6.45, 7) is 4.82. The Morgan fingerprint density at radius 2 is 2.06 bits per heavy atom. The van der Waals surface area contributed by atoms with E-state index < -0.39 is 6.10 Å². The molecule has 1 aliphatic rings. The molecule has 0 aliphatic carbocycles. The first kappa shape index (κ1) is 22.5. The fourth-order valence-electron chi connectivity index (χ4n) is 4.38. The minimum absolute atomic E-state index is 0.334. The molecule has 35 heavy (non-hydrogen) atoms. The molecule has 5 rings (SSSR count). The average molecular weight is 470 g/mol. The number of nitrogens with zero attached hydrogens (tertiary/aromatic N) is 4. The lowest BCUT2D eigenvalue weighted by Gasteiger charge is -2.31. The van der Waals surface area contributed by atoms with Gasteiger partial charge in [0.2, 0.25) is 5.91 Å². The van der Waals surface area contributed by atoms with Crippen LogP contribution in [-0.2, 0) is 4.79 Å². The van der Waals surface area contributed by atoms with Crippen LogP contribution >= 0.6 is 0 Å². The highest BCUT2D eigenvalue weighted by atomic mass is 16.3. The van der Waals surface area contributed by atoms with Crippen LogP contribution in [0.4, 0.5) is 17.5 Å². The zero-order chi connectivity index (χ0) is 24.4. The molecule has 5 heterocycles. The molecule has 0 radical (unpaired) electrons. The third kappa shape index (κ3) is 4.71. The van der Waals surface area contributed by atoms with Gasteiger partial charge in [0.05, 0.1) is 6.10 Å². The smallest absolute Gasteiger partial charge is 0.248 e. The molecule has 0 spiro atoms. The summed E-state index contributed by atoms with van der Waals surface area (Å²) in [5.41, 5.74) is 4.56. The van der Waals surface area contributed by atoms with Crippen LogP contribution in [0.2, 0.25) is 0 Å². The van der Waals surface area contributed by atoms with Crippen LogP contribution in [0.15, 0.2) is 61.6 Å². The first-order valence-corrected chi connectivity index (χ1v) is 11.5. The van der Waals surface area contributed by atoms with Gasteiger partial charge in [-0.3, -0.25) is 4.79 Å². The topological polar surface area (TPSA) is 119 Å². The van der Waals surface area contributed by atoms with Gasteiger partial charge < -0.3 is 25.6 Å². The van der Waals surface area contributed by atoms with E-state index in [0.717, 1.165) is 58.5 Å². The standard InChI is InChI=1S/C26H27N7O2/c1-3-25(35)32-23-11-17(12-24(31-23)33-8-4-5-19(34)15-33)18-9-20-21(14-30-26(20)29-13-18)16-6-7-28-22(10-16)27-2/h3,6-7,9-14,19,34H,1,4-5,8,15H2,2H3,(H,27,28)(H,29,30)(H,31,32,35)/t19-/m1/s1. The van der Waals surface area contributed by atoms with Gasteiger partial charge in [-0.2, -0.15) is 0 Å². The van der Waals surface area contributed by atoms with Crippen LogP contribution in [-0.4, -0.2) is 57.2 Å². The fourth-order valence-corrected chi connectivity index (χ4v) is 4.38. The summed E-state index contributed by atoms with van der Waals surface area (Å²) in [6.07, 6.45) is 7.99. The van der Waals surface area contributed by atoms with Crippen molar-refractivity contribution in [2.45, 2.75) is 18.9 Å². The number of carbonyl (C=O) groups is 1. The Morgan fingerprint density at radius 3 is 2.86 bits per heavy atom. The number of aromatic nitrogens is 4. The Bertz CT molecular complexity index is 1400. The summed E-state index contributed by atoms with van der Waals surface area (Å²) in [5.74, 6) is 1.57. The van der Waals surface area contributed by atoms with Crippen molar-refractivity contribution in [2.75, 3.05) is 35.7 Å². The van der Waals surface area contributed by atoms with E-state index in [9.17, 15) is 9.90 Å². The molecule has 4 N–H and O–H groups in total. The summed E-state index contributed by atoms with van der Waals surface area (Å²) in [7, 11) is 1.84. The van der Waals surface area contributed by atoms with Crippen LogP contribution < -0.4 is 15.5 Å². The number of aliphatic hydroxyl groups excluding tert-OH is 1. The van der Waals surface area contributed by atoms with Gasteiger partial charge in [0.25, 0.3) is 0 Å². The number of amides is 1. The second kappa shape index (κ2) is 9.55. The van der Waals surface area contributed by atoms with E-state index >= 15 is 0 Å². The maximum Gasteiger partial charge on any atom is 0.248 e. The zero-order valence-electron chi connectivity index (χ0n) is 19.5. The highest BCUT2D eigenvalue weighted by Gasteiger charge is 2.20. The third-order valence-corrected chi connectivity index (χ3v) is 6.16. The monoisotopic (exact) mass is 469 g/mol. The Kier molecular flexibility index (Phi) is 6.15. The molecule has 4 aromatic rings. The molecular formula is C26H27N7O2. The van der Waals surface area contributed by atoms with Gasteiger partial charge in [0.1, 0.15) is 23.1 Å². The molecule has 9 heteroatoms. The number of fused-ring (bicyclic) bond motifs is 1. The van der Waals surface area contributed by atoms with Crippen molar-refractivity contribution in [3.63, 3.8) is 0 Å². The van der Waals surface area contributed by atoms with E-state index in [0.29, 0.717) is 18.2 Å². The van der Waals surface area contributed by atoms with E-state index in [2.05, 4.69) is 43.2 Å². The molecule has 1 saturated heterocycles. The van der Waals surface area contributed by atoms with Gasteiger partial charge in [-0.1, -0.05) is 6.58 Å². The summed E-state index contributed by atoms with van der Waals surface area (Å²) in [5, 5.41) is 17.0. The summed E-state index contributed by atoms with van der Waals surface area (Å²) in [6, 6.07) is 9.83. The molecule has 0 unspecified atom stereocenters. The highest BCUT2D eigenvalue weighted by Crippen LogP contribution is 2.33. The third-order valence-electron chi connectivity index (χ3n) is 6.16. The van der Waals surface area contributed by atoms with Crippen molar-refractivity contribution in [1.29, 1.82) is 0 Å². The number of hydrogen-bond donors (Lipinski definition) is 4. The van der Waals surface area contributed by atoms with Crippen LogP contribution in [0, 0.1) is 0 Å². The largest absolute Gasteiger partial charge is 0.391 e. The van der Waals surface area contributed by atoms with Crippen molar-refractivity contribution in [3.05, 3.63) is 61.6 Å². The number of β-amino-alcohol motifs (C(OH)–C–C–N with tert-alkyl or cyclic N) is 1. The van der Waals surface area contributed by atoms with E-state index in [-0.39, 0.29) is 5.91 Å². The van der Waals surface area contributed by atoms with Crippen molar-refractivity contribution in [1.82, 2.24) is 19.9 Å². The molecule has 4 aromatic heterocycles. The van der Waals surface area contributed by atoms with Crippen molar-refractivity contribution >= 4 is 34.4 Å². The average Bonchev–Trinajstić information content (AvgIpc) is 3.32. The second-order valence-electron chi connectivity index (χ2n) is 8.54. The molecule has 178 valence electrons. The summed E-state index contributed by atoms with van der Waals surface area (Å²) < 4.78 is 0. The minimum atomic E-state index is -0.399. The molecule has 0 bridgehead atoms. The van der Waals surface area contributed by atoms with Crippen LogP contribution in [0.1, 0.15) is 12.8 Å². The van der Waals surface area contributed by atoms with Crippen LogP contribution in [0.5, 0.6) is 0 Å². The maximum absolute atomic E-state index is 12.0. The molecule has 0 aromatic carbocycles.